The normalized spacial score (nSPS) is 24.7. The maximum absolute atomic E-state index is 12.9. The fourth-order valence-corrected chi connectivity index (χ4v) is 3.56. The molecule has 2 aliphatic heterocycles. The van der Waals surface area contributed by atoms with Crippen LogP contribution in [0.3, 0.4) is 0 Å². The smallest absolute Gasteiger partial charge is 0.308 e. The molecule has 1 N–H and O–H groups in total. The molecule has 2 fully saturated rings. The quantitative estimate of drug-likeness (QED) is 0.906. The lowest BCUT2D eigenvalue weighted by molar-refractivity contribution is -0.147. The highest BCUT2D eigenvalue weighted by Crippen LogP contribution is 2.24. The van der Waals surface area contributed by atoms with Crippen LogP contribution in [-0.4, -0.2) is 58.4 Å². The highest BCUT2D eigenvalue weighted by Gasteiger charge is 2.38. The van der Waals surface area contributed by atoms with Crippen molar-refractivity contribution in [2.75, 3.05) is 19.6 Å². The molecule has 2 saturated heterocycles. The number of hydrogen-bond donors (Lipinski definition) is 1. The summed E-state index contributed by atoms with van der Waals surface area (Å²) in [5, 5.41) is 9.20. The van der Waals surface area contributed by atoms with Gasteiger partial charge in [-0.05, 0) is 44.2 Å². The minimum atomic E-state index is -0.861. The summed E-state index contributed by atoms with van der Waals surface area (Å²) < 4.78 is 5.18. The number of amides is 2. The van der Waals surface area contributed by atoms with Gasteiger partial charge in [-0.25, -0.2) is 0 Å². The second-order valence-corrected chi connectivity index (χ2v) is 6.45. The van der Waals surface area contributed by atoms with Gasteiger partial charge in [0, 0.05) is 19.6 Å². The Bertz CT molecular complexity index is 613. The van der Waals surface area contributed by atoms with Gasteiger partial charge in [0.05, 0.1) is 12.2 Å². The van der Waals surface area contributed by atoms with Gasteiger partial charge in [-0.1, -0.05) is 0 Å². The largest absolute Gasteiger partial charge is 0.481 e. The predicted octanol–water partition coefficient (Wildman–Crippen LogP) is 1.60. The Labute approximate surface area is 140 Å². The molecule has 2 amide bonds. The van der Waals surface area contributed by atoms with Gasteiger partial charge in [0.25, 0.3) is 5.91 Å². The van der Waals surface area contributed by atoms with Crippen LogP contribution in [0.25, 0.3) is 0 Å². The van der Waals surface area contributed by atoms with E-state index in [0.29, 0.717) is 32.4 Å². The van der Waals surface area contributed by atoms with E-state index in [1.54, 1.807) is 21.9 Å². The lowest BCUT2D eigenvalue weighted by Gasteiger charge is -2.39. The van der Waals surface area contributed by atoms with Crippen molar-refractivity contribution in [3.8, 4) is 0 Å². The van der Waals surface area contributed by atoms with Crippen molar-refractivity contribution in [3.63, 3.8) is 0 Å². The highest BCUT2D eigenvalue weighted by atomic mass is 16.4. The van der Waals surface area contributed by atoms with Gasteiger partial charge in [-0.15, -0.1) is 0 Å². The maximum atomic E-state index is 12.9. The minimum absolute atomic E-state index is 0.138. The van der Waals surface area contributed by atoms with Crippen molar-refractivity contribution in [1.29, 1.82) is 0 Å². The van der Waals surface area contributed by atoms with Crippen LogP contribution >= 0.6 is 0 Å². The third-order valence-corrected chi connectivity index (χ3v) is 4.86. The standard InChI is InChI=1S/C17H22N2O5/c20-15(18-8-3-5-12(11-18)17(22)23)13-6-1-2-9-19(13)16(21)14-7-4-10-24-14/h4,7,10,12-13H,1-3,5-6,8-9,11H2,(H,22,23). The average molecular weight is 334 g/mol. The molecule has 130 valence electrons. The fourth-order valence-electron chi connectivity index (χ4n) is 3.56. The molecule has 0 bridgehead atoms. The Morgan fingerprint density at radius 3 is 2.67 bits per heavy atom. The Morgan fingerprint density at radius 1 is 1.12 bits per heavy atom. The minimum Gasteiger partial charge on any atom is -0.481 e. The zero-order valence-electron chi connectivity index (χ0n) is 13.5. The summed E-state index contributed by atoms with van der Waals surface area (Å²) in [7, 11) is 0. The molecule has 2 aliphatic rings. The number of carboxylic acids is 1. The van der Waals surface area contributed by atoms with E-state index in [9.17, 15) is 19.5 Å². The van der Waals surface area contributed by atoms with Crippen molar-refractivity contribution in [2.45, 2.75) is 38.1 Å². The van der Waals surface area contributed by atoms with Crippen molar-refractivity contribution in [1.82, 2.24) is 9.80 Å². The number of rotatable bonds is 3. The van der Waals surface area contributed by atoms with E-state index in [0.717, 1.165) is 12.8 Å². The van der Waals surface area contributed by atoms with Crippen LogP contribution < -0.4 is 0 Å². The Balaban J connectivity index is 1.74. The van der Waals surface area contributed by atoms with E-state index in [4.69, 9.17) is 4.42 Å². The number of carbonyl (C=O) groups excluding carboxylic acids is 2. The van der Waals surface area contributed by atoms with Crippen LogP contribution in [-0.2, 0) is 9.59 Å². The Kier molecular flexibility index (Phi) is 4.87. The van der Waals surface area contributed by atoms with Crippen molar-refractivity contribution < 1.29 is 23.9 Å². The first kappa shape index (κ1) is 16.5. The number of piperidine rings is 2. The first-order valence-corrected chi connectivity index (χ1v) is 8.44. The molecule has 1 aromatic heterocycles. The fraction of sp³-hybridized carbons (Fsp3) is 0.588. The number of furan rings is 1. The third kappa shape index (κ3) is 3.29. The molecule has 1 aromatic rings. The molecule has 0 saturated carbocycles. The second-order valence-electron chi connectivity index (χ2n) is 6.45. The van der Waals surface area contributed by atoms with E-state index in [1.165, 1.54) is 6.26 Å². The van der Waals surface area contributed by atoms with Gasteiger partial charge < -0.3 is 19.3 Å². The van der Waals surface area contributed by atoms with Crippen LogP contribution in [0.5, 0.6) is 0 Å². The number of hydrogen-bond acceptors (Lipinski definition) is 4. The third-order valence-electron chi connectivity index (χ3n) is 4.86. The van der Waals surface area contributed by atoms with Crippen LogP contribution in [0.1, 0.15) is 42.7 Å². The Morgan fingerprint density at radius 2 is 1.96 bits per heavy atom. The van der Waals surface area contributed by atoms with Crippen LogP contribution in [0, 0.1) is 5.92 Å². The summed E-state index contributed by atoms with van der Waals surface area (Å²) in [5.74, 6) is -1.55. The monoisotopic (exact) mass is 334 g/mol. The molecule has 2 unspecified atom stereocenters. The molecule has 7 heteroatoms. The van der Waals surface area contributed by atoms with Gasteiger partial charge in [0.2, 0.25) is 5.91 Å². The van der Waals surface area contributed by atoms with Crippen LogP contribution in [0.4, 0.5) is 0 Å². The zero-order valence-corrected chi connectivity index (χ0v) is 13.5. The van der Waals surface area contributed by atoms with Crippen molar-refractivity contribution in [2.24, 2.45) is 5.92 Å². The van der Waals surface area contributed by atoms with Gasteiger partial charge in [-0.3, -0.25) is 14.4 Å². The predicted molar refractivity (Wildman–Crippen MR) is 84.3 cm³/mol. The van der Waals surface area contributed by atoms with Crippen molar-refractivity contribution in [3.05, 3.63) is 24.2 Å². The van der Waals surface area contributed by atoms with E-state index in [-0.39, 0.29) is 24.1 Å². The molecule has 0 spiro atoms. The number of nitrogens with zero attached hydrogens (tertiary/aromatic N) is 2. The number of aliphatic carboxylic acids is 1. The van der Waals surface area contributed by atoms with Gasteiger partial charge >= 0.3 is 5.97 Å². The molecule has 3 heterocycles. The number of likely N-dealkylation sites (tertiary alicyclic amines) is 2. The average Bonchev–Trinajstić information content (AvgIpc) is 3.15. The van der Waals surface area contributed by atoms with E-state index in [2.05, 4.69) is 0 Å². The first-order valence-electron chi connectivity index (χ1n) is 8.44. The van der Waals surface area contributed by atoms with Crippen molar-refractivity contribution >= 4 is 17.8 Å². The van der Waals surface area contributed by atoms with Crippen LogP contribution in [0.2, 0.25) is 0 Å². The summed E-state index contributed by atoms with van der Waals surface area (Å²) in [6.45, 7) is 1.31. The topological polar surface area (TPSA) is 91.1 Å². The van der Waals surface area contributed by atoms with E-state index < -0.39 is 17.9 Å². The number of carboxylic acid groups (broad SMARTS) is 1. The summed E-state index contributed by atoms with van der Waals surface area (Å²) in [6.07, 6.45) is 5.07. The first-order chi connectivity index (χ1) is 11.6. The summed E-state index contributed by atoms with van der Waals surface area (Å²) in [6, 6.07) is 2.72. The molecular weight excluding hydrogens is 312 g/mol. The molecule has 3 rings (SSSR count). The van der Waals surface area contributed by atoms with Gasteiger partial charge in [0.15, 0.2) is 5.76 Å². The van der Waals surface area contributed by atoms with E-state index in [1.807, 2.05) is 0 Å². The lowest BCUT2D eigenvalue weighted by Crippen LogP contribution is -2.55. The summed E-state index contributed by atoms with van der Waals surface area (Å²) in [5.41, 5.74) is 0. The van der Waals surface area contributed by atoms with Gasteiger partial charge in [0.1, 0.15) is 6.04 Å². The van der Waals surface area contributed by atoms with E-state index >= 15 is 0 Å². The van der Waals surface area contributed by atoms with Crippen LogP contribution in [0.15, 0.2) is 22.8 Å². The summed E-state index contributed by atoms with van der Waals surface area (Å²) in [4.78, 5) is 39.9. The zero-order chi connectivity index (χ0) is 17.1. The van der Waals surface area contributed by atoms with Gasteiger partial charge in [-0.2, -0.15) is 0 Å². The highest BCUT2D eigenvalue weighted by molar-refractivity contribution is 5.95. The molecule has 24 heavy (non-hydrogen) atoms. The molecule has 0 aromatic carbocycles. The molecule has 7 nitrogen and oxygen atoms in total. The lowest BCUT2D eigenvalue weighted by atomic mass is 9.95. The second kappa shape index (κ2) is 7.07. The Hall–Kier alpha value is -2.31. The summed E-state index contributed by atoms with van der Waals surface area (Å²) >= 11 is 0. The molecule has 0 radical (unpaired) electrons. The maximum Gasteiger partial charge on any atom is 0.308 e. The molecule has 2 atom stereocenters. The SMILES string of the molecule is O=C(O)C1CCCN(C(=O)C2CCCCN2C(=O)c2ccco2)C1. The number of carbonyl (C=O) groups is 3. The molecular formula is C17H22N2O5. The molecule has 0 aliphatic carbocycles.